The molecule has 0 saturated carbocycles. The molecular formula is C14H26N2S2. The Morgan fingerprint density at radius 3 is 2.56 bits per heavy atom. The molecule has 4 heteroatoms. The summed E-state index contributed by atoms with van der Waals surface area (Å²) in [6, 6.07) is 0.555. The summed E-state index contributed by atoms with van der Waals surface area (Å²) in [5.41, 5.74) is 1.19. The van der Waals surface area contributed by atoms with E-state index in [1.807, 2.05) is 11.3 Å². The van der Waals surface area contributed by atoms with Gasteiger partial charge in [0.1, 0.15) is 0 Å². The molecule has 0 saturated heterocycles. The summed E-state index contributed by atoms with van der Waals surface area (Å²) in [5.74, 6) is 1.18. The first-order valence-corrected chi connectivity index (χ1v) is 8.71. The molecule has 0 amide bonds. The summed E-state index contributed by atoms with van der Waals surface area (Å²) < 4.78 is 0. The van der Waals surface area contributed by atoms with Crippen LogP contribution >= 0.6 is 23.1 Å². The Kier molecular flexibility index (Phi) is 7.27. The van der Waals surface area contributed by atoms with Crippen molar-refractivity contribution in [3.8, 4) is 0 Å². The van der Waals surface area contributed by atoms with Gasteiger partial charge in [0.15, 0.2) is 0 Å². The third kappa shape index (κ3) is 5.29. The highest BCUT2D eigenvalue weighted by molar-refractivity contribution is 7.99. The molecule has 0 aliphatic rings. The minimum absolute atomic E-state index is 0.555. The highest BCUT2D eigenvalue weighted by Gasteiger charge is 2.13. The molecule has 0 fully saturated rings. The van der Waals surface area contributed by atoms with Crippen molar-refractivity contribution >= 4 is 23.1 Å². The minimum Gasteiger partial charge on any atom is -0.313 e. The van der Waals surface area contributed by atoms with Gasteiger partial charge in [0.2, 0.25) is 0 Å². The van der Waals surface area contributed by atoms with Crippen LogP contribution in [0.15, 0.2) is 0 Å². The molecule has 0 aliphatic carbocycles. The molecule has 0 aromatic carbocycles. The van der Waals surface area contributed by atoms with E-state index in [0.717, 1.165) is 18.2 Å². The zero-order chi connectivity index (χ0) is 13.5. The molecule has 1 N–H and O–H groups in total. The third-order valence-corrected chi connectivity index (χ3v) is 5.74. The average Bonchev–Trinajstić information content (AvgIpc) is 2.65. The molecule has 1 aromatic heterocycles. The Hall–Kier alpha value is -0.0600. The number of hydrogen-bond acceptors (Lipinski definition) is 4. The predicted molar refractivity (Wildman–Crippen MR) is 85.0 cm³/mol. The summed E-state index contributed by atoms with van der Waals surface area (Å²) in [5, 5.41) is 5.62. The van der Waals surface area contributed by atoms with Gasteiger partial charge in [0.05, 0.1) is 10.7 Å². The standard InChI is InChI=1S/C14H26N2S2/c1-6-10(3)17-9-13(15-7-2)8-14-16-11(4)12(5)18-14/h10,13,15H,6-9H2,1-5H3. The van der Waals surface area contributed by atoms with Crippen LogP contribution in [0.2, 0.25) is 0 Å². The molecule has 1 rings (SSSR count). The van der Waals surface area contributed by atoms with Crippen molar-refractivity contribution < 1.29 is 0 Å². The Bertz CT molecular complexity index is 330. The van der Waals surface area contributed by atoms with Crippen LogP contribution in [0.4, 0.5) is 0 Å². The van der Waals surface area contributed by atoms with Crippen LogP contribution in [-0.2, 0) is 6.42 Å². The molecule has 0 radical (unpaired) electrons. The van der Waals surface area contributed by atoms with Crippen molar-refractivity contribution in [3.05, 3.63) is 15.6 Å². The Labute approximate surface area is 120 Å². The van der Waals surface area contributed by atoms with Crippen LogP contribution in [-0.4, -0.2) is 28.6 Å². The van der Waals surface area contributed by atoms with E-state index in [2.05, 4.69) is 56.7 Å². The predicted octanol–water partition coefficient (Wildman–Crippen LogP) is 3.81. The normalized spacial score (nSPS) is 14.7. The largest absolute Gasteiger partial charge is 0.313 e. The van der Waals surface area contributed by atoms with E-state index in [-0.39, 0.29) is 0 Å². The number of nitrogens with one attached hydrogen (secondary N) is 1. The SMILES string of the molecule is CCNC(CSC(C)CC)Cc1nc(C)c(C)s1. The van der Waals surface area contributed by atoms with Gasteiger partial charge >= 0.3 is 0 Å². The van der Waals surface area contributed by atoms with Crippen LogP contribution in [0.3, 0.4) is 0 Å². The van der Waals surface area contributed by atoms with Crippen molar-refractivity contribution in [2.75, 3.05) is 12.3 Å². The fourth-order valence-corrected chi connectivity index (χ4v) is 3.76. The van der Waals surface area contributed by atoms with Crippen LogP contribution in [0.25, 0.3) is 0 Å². The molecule has 18 heavy (non-hydrogen) atoms. The molecule has 0 aliphatic heterocycles. The first kappa shape index (κ1) is 16.0. The van der Waals surface area contributed by atoms with Gasteiger partial charge in [-0.15, -0.1) is 11.3 Å². The van der Waals surface area contributed by atoms with E-state index in [1.54, 1.807) is 0 Å². The van der Waals surface area contributed by atoms with Crippen LogP contribution < -0.4 is 5.32 Å². The quantitative estimate of drug-likeness (QED) is 0.786. The van der Waals surface area contributed by atoms with Crippen LogP contribution in [0.5, 0.6) is 0 Å². The lowest BCUT2D eigenvalue weighted by Gasteiger charge is -2.18. The van der Waals surface area contributed by atoms with E-state index < -0.39 is 0 Å². The number of likely N-dealkylation sites (N-methyl/N-ethyl adjacent to an activating group) is 1. The molecule has 104 valence electrons. The fourth-order valence-electron chi connectivity index (χ4n) is 1.71. The highest BCUT2D eigenvalue weighted by atomic mass is 32.2. The summed E-state index contributed by atoms with van der Waals surface area (Å²) in [6.07, 6.45) is 2.32. The first-order chi connectivity index (χ1) is 8.56. The summed E-state index contributed by atoms with van der Waals surface area (Å²) in [4.78, 5) is 6.01. The summed E-state index contributed by atoms with van der Waals surface area (Å²) >= 11 is 3.92. The zero-order valence-electron chi connectivity index (χ0n) is 12.2. The Balaban J connectivity index is 2.51. The fraction of sp³-hybridized carbons (Fsp3) is 0.786. The maximum atomic E-state index is 4.65. The van der Waals surface area contributed by atoms with Gasteiger partial charge in [-0.3, -0.25) is 0 Å². The van der Waals surface area contributed by atoms with E-state index in [4.69, 9.17) is 0 Å². The number of nitrogens with zero attached hydrogens (tertiary/aromatic N) is 1. The van der Waals surface area contributed by atoms with Gasteiger partial charge in [-0.2, -0.15) is 11.8 Å². The molecule has 2 unspecified atom stereocenters. The Morgan fingerprint density at radius 1 is 1.33 bits per heavy atom. The van der Waals surface area contributed by atoms with Gasteiger partial charge in [-0.25, -0.2) is 4.98 Å². The molecule has 0 spiro atoms. The van der Waals surface area contributed by atoms with Crippen molar-refractivity contribution in [3.63, 3.8) is 0 Å². The molecule has 1 heterocycles. The molecule has 1 aromatic rings. The van der Waals surface area contributed by atoms with E-state index in [9.17, 15) is 0 Å². The number of thiazole rings is 1. The summed E-state index contributed by atoms with van der Waals surface area (Å²) in [7, 11) is 0. The second kappa shape index (κ2) is 8.18. The van der Waals surface area contributed by atoms with Gasteiger partial charge in [0.25, 0.3) is 0 Å². The molecule has 0 bridgehead atoms. The molecule has 2 nitrogen and oxygen atoms in total. The minimum atomic E-state index is 0.555. The van der Waals surface area contributed by atoms with E-state index in [1.165, 1.54) is 27.8 Å². The van der Waals surface area contributed by atoms with E-state index in [0.29, 0.717) is 6.04 Å². The topological polar surface area (TPSA) is 24.9 Å². The van der Waals surface area contributed by atoms with Crippen molar-refractivity contribution in [2.24, 2.45) is 0 Å². The molecular weight excluding hydrogens is 260 g/mol. The lowest BCUT2D eigenvalue weighted by molar-refractivity contribution is 0.570. The lowest BCUT2D eigenvalue weighted by atomic mass is 10.2. The maximum Gasteiger partial charge on any atom is 0.0946 e. The van der Waals surface area contributed by atoms with Gasteiger partial charge in [-0.05, 0) is 26.8 Å². The first-order valence-electron chi connectivity index (χ1n) is 6.84. The average molecular weight is 287 g/mol. The van der Waals surface area contributed by atoms with Gasteiger partial charge in [0, 0.05) is 28.3 Å². The second-order valence-corrected chi connectivity index (χ2v) is 7.52. The Morgan fingerprint density at radius 2 is 2.06 bits per heavy atom. The second-order valence-electron chi connectivity index (χ2n) is 4.76. The monoisotopic (exact) mass is 286 g/mol. The smallest absolute Gasteiger partial charge is 0.0946 e. The number of thioether (sulfide) groups is 1. The number of aromatic nitrogens is 1. The number of rotatable bonds is 8. The zero-order valence-corrected chi connectivity index (χ0v) is 13.9. The maximum absolute atomic E-state index is 4.65. The third-order valence-electron chi connectivity index (χ3n) is 3.14. The van der Waals surface area contributed by atoms with Crippen molar-refractivity contribution in [1.82, 2.24) is 10.3 Å². The lowest BCUT2D eigenvalue weighted by Crippen LogP contribution is -2.33. The number of hydrogen-bond donors (Lipinski definition) is 1. The van der Waals surface area contributed by atoms with Crippen molar-refractivity contribution in [2.45, 2.75) is 58.8 Å². The van der Waals surface area contributed by atoms with Crippen LogP contribution in [0.1, 0.15) is 42.8 Å². The number of aryl methyl sites for hydroxylation is 2. The summed E-state index contributed by atoms with van der Waals surface area (Å²) in [6.45, 7) is 12.0. The van der Waals surface area contributed by atoms with Gasteiger partial charge < -0.3 is 5.32 Å². The molecule has 2 atom stereocenters. The van der Waals surface area contributed by atoms with Crippen molar-refractivity contribution in [1.29, 1.82) is 0 Å². The van der Waals surface area contributed by atoms with Crippen LogP contribution in [0, 0.1) is 13.8 Å². The highest BCUT2D eigenvalue weighted by Crippen LogP contribution is 2.20. The van der Waals surface area contributed by atoms with E-state index >= 15 is 0 Å². The van der Waals surface area contributed by atoms with Gasteiger partial charge in [-0.1, -0.05) is 20.8 Å².